The number of rotatable bonds is 5. The molecule has 0 spiro atoms. The molecule has 0 radical (unpaired) electrons. The fourth-order valence-electron chi connectivity index (χ4n) is 2.74. The van der Waals surface area contributed by atoms with Crippen molar-refractivity contribution in [3.8, 4) is 11.6 Å². The lowest BCUT2D eigenvalue weighted by Gasteiger charge is -2.08. The highest BCUT2D eigenvalue weighted by Gasteiger charge is 2.19. The molecule has 0 fully saturated rings. The number of methoxy groups -OCH3 is 1. The molecule has 0 saturated heterocycles. The second kappa shape index (κ2) is 6.40. The van der Waals surface area contributed by atoms with E-state index in [4.69, 9.17) is 4.74 Å². The fourth-order valence-corrected chi connectivity index (χ4v) is 3.74. The van der Waals surface area contributed by atoms with Crippen molar-refractivity contribution in [2.24, 2.45) is 7.05 Å². The first-order valence-corrected chi connectivity index (χ1v) is 9.45. The summed E-state index contributed by atoms with van der Waals surface area (Å²) in [7, 11) is -0.536. The highest BCUT2D eigenvalue weighted by atomic mass is 32.2. The summed E-state index contributed by atoms with van der Waals surface area (Å²) < 4.78 is 36.4. The smallest absolute Gasteiger partial charge is 0.265 e. The summed E-state index contributed by atoms with van der Waals surface area (Å²) in [4.78, 5) is 4.20. The average Bonchev–Trinajstić information content (AvgIpc) is 3.30. The van der Waals surface area contributed by atoms with E-state index in [1.54, 1.807) is 55.5 Å². The van der Waals surface area contributed by atoms with Crippen molar-refractivity contribution in [1.29, 1.82) is 0 Å². The van der Waals surface area contributed by atoms with E-state index in [1.807, 2.05) is 6.07 Å². The Morgan fingerprint density at radius 2 is 2.00 bits per heavy atom. The Labute approximate surface area is 155 Å². The normalized spacial score (nSPS) is 11.6. The molecule has 3 heterocycles. The Balaban J connectivity index is 1.68. The molecule has 10 heteroatoms. The number of para-hydroxylation sites is 1. The highest BCUT2D eigenvalue weighted by molar-refractivity contribution is 7.92. The minimum Gasteiger partial charge on any atom is -0.497 e. The number of benzene rings is 1. The van der Waals surface area contributed by atoms with Crippen LogP contribution < -0.4 is 9.46 Å². The number of ether oxygens (including phenoxy) is 1. The van der Waals surface area contributed by atoms with Crippen LogP contribution in [0, 0.1) is 0 Å². The van der Waals surface area contributed by atoms with E-state index >= 15 is 0 Å². The van der Waals surface area contributed by atoms with E-state index in [9.17, 15) is 8.42 Å². The number of hydrogen-bond acceptors (Lipinski definition) is 6. The van der Waals surface area contributed by atoms with E-state index in [1.165, 1.54) is 17.1 Å². The van der Waals surface area contributed by atoms with Crippen LogP contribution in [-0.4, -0.2) is 40.1 Å². The minimum atomic E-state index is -3.84. The van der Waals surface area contributed by atoms with E-state index in [-0.39, 0.29) is 4.90 Å². The third kappa shape index (κ3) is 3.10. The SMILES string of the molecule is COc1ccnc(-n2cc(S(=O)(=O)Nc3cccc4cnn(C)c34)cn2)c1. The van der Waals surface area contributed by atoms with Gasteiger partial charge in [-0.3, -0.25) is 9.40 Å². The summed E-state index contributed by atoms with van der Waals surface area (Å²) in [5.41, 5.74) is 1.14. The summed E-state index contributed by atoms with van der Waals surface area (Å²) >= 11 is 0. The number of anilines is 1. The number of aromatic nitrogens is 5. The molecule has 1 N–H and O–H groups in total. The molecular weight excluding hydrogens is 368 g/mol. The third-order valence-corrected chi connectivity index (χ3v) is 5.38. The van der Waals surface area contributed by atoms with Crippen molar-refractivity contribution in [2.75, 3.05) is 11.8 Å². The zero-order valence-corrected chi connectivity index (χ0v) is 15.4. The largest absolute Gasteiger partial charge is 0.497 e. The zero-order valence-electron chi connectivity index (χ0n) is 14.6. The van der Waals surface area contributed by atoms with Gasteiger partial charge in [0.05, 0.1) is 36.9 Å². The predicted octanol–water partition coefficient (Wildman–Crippen LogP) is 1.96. The van der Waals surface area contributed by atoms with Gasteiger partial charge in [-0.2, -0.15) is 10.2 Å². The van der Waals surface area contributed by atoms with Gasteiger partial charge >= 0.3 is 0 Å². The molecule has 0 amide bonds. The molecule has 0 aliphatic rings. The minimum absolute atomic E-state index is 0.0197. The number of hydrogen-bond donors (Lipinski definition) is 1. The van der Waals surface area contributed by atoms with Gasteiger partial charge in [-0.1, -0.05) is 12.1 Å². The van der Waals surface area contributed by atoms with E-state index < -0.39 is 10.0 Å². The number of pyridine rings is 1. The molecule has 9 nitrogen and oxygen atoms in total. The standard InChI is InChI=1S/C17H16N6O3S/c1-22-17-12(9-19-22)4-3-5-15(17)21-27(24,25)14-10-20-23(11-14)16-8-13(26-2)6-7-18-16/h3-11,21H,1-2H3. The monoisotopic (exact) mass is 384 g/mol. The van der Waals surface area contributed by atoms with Gasteiger partial charge in [-0.05, 0) is 12.1 Å². The van der Waals surface area contributed by atoms with Crippen LogP contribution in [0.5, 0.6) is 5.75 Å². The van der Waals surface area contributed by atoms with E-state index in [2.05, 4.69) is 19.9 Å². The molecule has 4 aromatic rings. The number of aryl methyl sites for hydroxylation is 1. The van der Waals surface area contributed by atoms with Crippen LogP contribution in [0.3, 0.4) is 0 Å². The molecule has 0 aliphatic heterocycles. The lowest BCUT2D eigenvalue weighted by Crippen LogP contribution is -2.13. The maximum atomic E-state index is 12.8. The first kappa shape index (κ1) is 17.0. The van der Waals surface area contributed by atoms with E-state index in [0.29, 0.717) is 22.8 Å². The van der Waals surface area contributed by atoms with Crippen molar-refractivity contribution < 1.29 is 13.2 Å². The first-order valence-electron chi connectivity index (χ1n) is 7.96. The predicted molar refractivity (Wildman–Crippen MR) is 99.4 cm³/mol. The summed E-state index contributed by atoms with van der Waals surface area (Å²) in [6, 6.07) is 8.68. The molecule has 3 aromatic heterocycles. The molecule has 1 aromatic carbocycles. The number of fused-ring (bicyclic) bond motifs is 1. The van der Waals surface area contributed by atoms with Gasteiger partial charge in [0.25, 0.3) is 10.0 Å². The molecule has 4 rings (SSSR count). The van der Waals surface area contributed by atoms with Gasteiger partial charge in [0.15, 0.2) is 5.82 Å². The molecule has 0 aliphatic carbocycles. The zero-order chi connectivity index (χ0) is 19.0. The second-order valence-corrected chi connectivity index (χ2v) is 7.47. The van der Waals surface area contributed by atoms with Gasteiger partial charge in [-0.25, -0.2) is 18.1 Å². The molecule has 0 atom stereocenters. The summed E-state index contributed by atoms with van der Waals surface area (Å²) in [5.74, 6) is 1.05. The Kier molecular flexibility index (Phi) is 4.04. The second-order valence-electron chi connectivity index (χ2n) is 5.79. The van der Waals surface area contributed by atoms with Crippen molar-refractivity contribution >= 4 is 26.6 Å². The van der Waals surface area contributed by atoms with Crippen LogP contribution >= 0.6 is 0 Å². The Morgan fingerprint density at radius 1 is 1.15 bits per heavy atom. The lowest BCUT2D eigenvalue weighted by molar-refractivity contribution is 0.414. The first-order chi connectivity index (χ1) is 13.0. The number of sulfonamides is 1. The highest BCUT2D eigenvalue weighted by Crippen LogP contribution is 2.25. The third-order valence-electron chi connectivity index (χ3n) is 4.06. The van der Waals surface area contributed by atoms with Crippen molar-refractivity contribution in [3.05, 3.63) is 55.1 Å². The molecule has 27 heavy (non-hydrogen) atoms. The maximum Gasteiger partial charge on any atom is 0.265 e. The molecule has 0 saturated carbocycles. The van der Waals surface area contributed by atoms with Crippen molar-refractivity contribution in [1.82, 2.24) is 24.5 Å². The van der Waals surface area contributed by atoms with Gasteiger partial charge in [0.1, 0.15) is 10.6 Å². The molecule has 0 bridgehead atoms. The van der Waals surface area contributed by atoms with Crippen LogP contribution in [0.1, 0.15) is 0 Å². The van der Waals surface area contributed by atoms with Crippen molar-refractivity contribution in [2.45, 2.75) is 4.90 Å². The van der Waals surface area contributed by atoms with Gasteiger partial charge < -0.3 is 4.74 Å². The number of nitrogens with one attached hydrogen (secondary N) is 1. The number of nitrogens with zero attached hydrogens (tertiary/aromatic N) is 5. The van der Waals surface area contributed by atoms with Crippen LogP contribution in [0.4, 0.5) is 5.69 Å². The van der Waals surface area contributed by atoms with Crippen LogP contribution in [-0.2, 0) is 17.1 Å². The van der Waals surface area contributed by atoms with Gasteiger partial charge in [0, 0.05) is 24.7 Å². The Morgan fingerprint density at radius 3 is 2.81 bits per heavy atom. The topological polar surface area (TPSA) is 104 Å². The quantitative estimate of drug-likeness (QED) is 0.564. The maximum absolute atomic E-state index is 12.8. The molecule has 138 valence electrons. The summed E-state index contributed by atoms with van der Waals surface area (Å²) in [6.07, 6.45) is 5.91. The average molecular weight is 384 g/mol. The van der Waals surface area contributed by atoms with Crippen LogP contribution in [0.2, 0.25) is 0 Å². The van der Waals surface area contributed by atoms with Crippen LogP contribution in [0.15, 0.2) is 60.0 Å². The van der Waals surface area contributed by atoms with Gasteiger partial charge in [-0.15, -0.1) is 0 Å². The molecular formula is C17H16N6O3S. The summed E-state index contributed by atoms with van der Waals surface area (Å²) in [5, 5.41) is 9.11. The van der Waals surface area contributed by atoms with Crippen LogP contribution in [0.25, 0.3) is 16.7 Å². The molecule has 0 unspecified atom stereocenters. The van der Waals surface area contributed by atoms with Crippen molar-refractivity contribution in [3.63, 3.8) is 0 Å². The Hall–Kier alpha value is -3.40. The summed E-state index contributed by atoms with van der Waals surface area (Å²) in [6.45, 7) is 0. The van der Waals surface area contributed by atoms with E-state index in [0.717, 1.165) is 5.39 Å². The lowest BCUT2D eigenvalue weighted by atomic mass is 10.2. The van der Waals surface area contributed by atoms with Gasteiger partial charge in [0.2, 0.25) is 0 Å². The Bertz CT molecular complexity index is 1230. The fraction of sp³-hybridized carbons (Fsp3) is 0.118.